The van der Waals surface area contributed by atoms with Crippen LogP contribution in [0.3, 0.4) is 0 Å². The summed E-state index contributed by atoms with van der Waals surface area (Å²) in [6, 6.07) is 14.4. The fourth-order valence-electron chi connectivity index (χ4n) is 8.77. The lowest BCUT2D eigenvalue weighted by molar-refractivity contribution is 0.216. The molecule has 0 saturated heterocycles. The number of hydrogen-bond acceptors (Lipinski definition) is 1. The van der Waals surface area contributed by atoms with Gasteiger partial charge in [0.05, 0.1) is 11.2 Å². The van der Waals surface area contributed by atoms with Gasteiger partial charge in [0.15, 0.2) is 0 Å². The predicted octanol–water partition coefficient (Wildman–Crippen LogP) is 10.1. The minimum absolute atomic E-state index is 0.149. The number of aromatic nitrogens is 1. The van der Waals surface area contributed by atoms with Gasteiger partial charge in [0.25, 0.3) is 0 Å². The average molecular weight is 490 g/mol. The van der Waals surface area contributed by atoms with E-state index in [9.17, 15) is 0 Å². The molecule has 1 spiro atoms. The van der Waals surface area contributed by atoms with Gasteiger partial charge in [-0.15, -0.1) is 0 Å². The van der Waals surface area contributed by atoms with E-state index in [2.05, 4.69) is 77.6 Å². The van der Waals surface area contributed by atoms with E-state index in [4.69, 9.17) is 4.98 Å². The van der Waals surface area contributed by atoms with Gasteiger partial charge >= 0.3 is 0 Å². The largest absolute Gasteiger partial charge is 0.247 e. The zero-order chi connectivity index (χ0) is 25.7. The summed E-state index contributed by atoms with van der Waals surface area (Å²) in [6.07, 6.45) is 10.4. The molecule has 2 aromatic carbocycles. The Morgan fingerprint density at radius 1 is 0.973 bits per heavy atom. The van der Waals surface area contributed by atoms with Gasteiger partial charge in [-0.3, -0.25) is 0 Å². The lowest BCUT2D eigenvalue weighted by Gasteiger charge is -2.41. The normalized spacial score (nSPS) is 30.7. The Balaban J connectivity index is 1.45. The summed E-state index contributed by atoms with van der Waals surface area (Å²) in [6.45, 7) is 16.2. The first kappa shape index (κ1) is 23.7. The molecule has 5 unspecified atom stereocenters. The fraction of sp³-hybridized carbons (Fsp3) is 0.528. The summed E-state index contributed by atoms with van der Waals surface area (Å²) in [5, 5.41) is 1.45. The Morgan fingerprint density at radius 2 is 1.81 bits per heavy atom. The molecule has 2 bridgehead atoms. The highest BCUT2D eigenvalue weighted by Crippen LogP contribution is 2.74. The van der Waals surface area contributed by atoms with Crippen LogP contribution in [0.2, 0.25) is 0 Å². The topological polar surface area (TPSA) is 12.9 Å². The van der Waals surface area contributed by atoms with E-state index in [0.717, 1.165) is 18.3 Å². The maximum Gasteiger partial charge on any atom is 0.0747 e. The molecule has 5 atom stereocenters. The number of rotatable bonds is 2. The zero-order valence-corrected chi connectivity index (χ0v) is 23.6. The van der Waals surface area contributed by atoms with Crippen LogP contribution in [0, 0.1) is 18.3 Å². The number of allylic oxidation sites excluding steroid dienone is 1. The van der Waals surface area contributed by atoms with Crippen molar-refractivity contribution in [2.75, 3.05) is 0 Å². The summed E-state index contributed by atoms with van der Waals surface area (Å²) in [7, 11) is 0. The van der Waals surface area contributed by atoms with E-state index in [1.165, 1.54) is 89.4 Å². The number of benzene rings is 2. The Bertz CT molecular complexity index is 1440. The first-order valence-electron chi connectivity index (χ1n) is 14.9. The van der Waals surface area contributed by atoms with Gasteiger partial charge in [-0.05, 0) is 139 Å². The van der Waals surface area contributed by atoms with Crippen molar-refractivity contribution in [1.29, 1.82) is 0 Å². The maximum atomic E-state index is 5.52. The molecule has 7 rings (SSSR count). The lowest BCUT2D eigenvalue weighted by atomic mass is 9.64. The van der Waals surface area contributed by atoms with E-state index < -0.39 is 0 Å². The zero-order valence-electron chi connectivity index (χ0n) is 23.6. The van der Waals surface area contributed by atoms with Crippen LogP contribution < -0.4 is 0 Å². The molecule has 4 aliphatic rings. The van der Waals surface area contributed by atoms with Crippen molar-refractivity contribution in [1.82, 2.24) is 4.98 Å². The van der Waals surface area contributed by atoms with Crippen molar-refractivity contribution < 1.29 is 0 Å². The van der Waals surface area contributed by atoms with Crippen molar-refractivity contribution in [3.8, 4) is 11.3 Å². The standard InChI is InChI=1S/C36H43N/c1-21-8-7-9-24(14-21)28-16-25(11-10-23(28)3)34-32-26-15-22(2)18-36(19-26)20-30(36)33(32)29-17-27(35(4,5)6)12-13-31(29)37-34/h10-13,16-17,22,24,26,30H,1,7-9,14-15,18-20H2,2-6H3. The molecule has 4 aliphatic carbocycles. The summed E-state index contributed by atoms with van der Waals surface area (Å²) in [4.78, 5) is 5.52. The lowest BCUT2D eigenvalue weighted by Crippen LogP contribution is -2.28. The molecule has 0 amide bonds. The monoisotopic (exact) mass is 489 g/mol. The number of nitrogens with zero attached hydrogens (tertiary/aromatic N) is 1. The fourth-order valence-corrected chi connectivity index (χ4v) is 8.77. The Kier molecular flexibility index (Phi) is 5.15. The Morgan fingerprint density at radius 3 is 2.59 bits per heavy atom. The number of hydrogen-bond donors (Lipinski definition) is 0. The second-order valence-corrected chi connectivity index (χ2v) is 14.4. The molecule has 0 aliphatic heterocycles. The Hall–Kier alpha value is -2.41. The summed E-state index contributed by atoms with van der Waals surface area (Å²) >= 11 is 0. The molecular weight excluding hydrogens is 446 g/mol. The van der Waals surface area contributed by atoms with E-state index in [1.807, 2.05) is 0 Å². The highest BCUT2D eigenvalue weighted by molar-refractivity contribution is 5.90. The number of fused-ring (bicyclic) bond motifs is 6. The van der Waals surface area contributed by atoms with Gasteiger partial charge in [0.2, 0.25) is 0 Å². The molecule has 1 heterocycles. The van der Waals surface area contributed by atoms with Crippen LogP contribution in [0.25, 0.3) is 22.2 Å². The van der Waals surface area contributed by atoms with Crippen molar-refractivity contribution in [2.45, 2.75) is 109 Å². The van der Waals surface area contributed by atoms with Gasteiger partial charge in [-0.25, -0.2) is 4.98 Å². The number of pyridine rings is 1. The van der Waals surface area contributed by atoms with Crippen molar-refractivity contribution in [3.05, 3.63) is 76.4 Å². The summed E-state index contributed by atoms with van der Waals surface area (Å²) in [5.74, 6) is 2.82. The summed E-state index contributed by atoms with van der Waals surface area (Å²) < 4.78 is 0. The van der Waals surface area contributed by atoms with Gasteiger partial charge in [-0.2, -0.15) is 0 Å². The molecular formula is C36H43N. The molecule has 3 fully saturated rings. The highest BCUT2D eigenvalue weighted by Gasteiger charge is 2.62. The first-order valence-corrected chi connectivity index (χ1v) is 14.9. The van der Waals surface area contributed by atoms with Crippen LogP contribution in [-0.2, 0) is 5.41 Å². The predicted molar refractivity (Wildman–Crippen MR) is 157 cm³/mol. The quantitative estimate of drug-likeness (QED) is 0.326. The molecule has 1 aromatic heterocycles. The van der Waals surface area contributed by atoms with Gasteiger partial charge < -0.3 is 0 Å². The van der Waals surface area contributed by atoms with E-state index >= 15 is 0 Å². The minimum atomic E-state index is 0.149. The van der Waals surface area contributed by atoms with Crippen molar-refractivity contribution in [3.63, 3.8) is 0 Å². The third kappa shape index (κ3) is 3.75. The minimum Gasteiger partial charge on any atom is -0.247 e. The molecule has 192 valence electrons. The third-order valence-electron chi connectivity index (χ3n) is 10.6. The van der Waals surface area contributed by atoms with Crippen LogP contribution >= 0.6 is 0 Å². The van der Waals surface area contributed by atoms with E-state index in [-0.39, 0.29) is 5.41 Å². The van der Waals surface area contributed by atoms with Gasteiger partial charge in [0, 0.05) is 10.9 Å². The average Bonchev–Trinajstić information content (AvgIpc) is 3.54. The van der Waals surface area contributed by atoms with E-state index in [0.29, 0.717) is 17.3 Å². The number of aryl methyl sites for hydroxylation is 1. The van der Waals surface area contributed by atoms with Crippen LogP contribution in [0.5, 0.6) is 0 Å². The molecule has 3 saturated carbocycles. The van der Waals surface area contributed by atoms with E-state index in [1.54, 1.807) is 11.1 Å². The van der Waals surface area contributed by atoms with Crippen LogP contribution in [-0.4, -0.2) is 4.98 Å². The molecule has 0 radical (unpaired) electrons. The van der Waals surface area contributed by atoms with Crippen molar-refractivity contribution in [2.24, 2.45) is 11.3 Å². The van der Waals surface area contributed by atoms with Crippen LogP contribution in [0.1, 0.15) is 125 Å². The molecule has 3 aromatic rings. The molecule has 0 N–H and O–H groups in total. The van der Waals surface area contributed by atoms with Crippen LogP contribution in [0.15, 0.2) is 48.6 Å². The third-order valence-corrected chi connectivity index (χ3v) is 10.6. The Labute approximate surface area is 223 Å². The first-order chi connectivity index (χ1) is 17.6. The maximum absolute atomic E-state index is 5.52. The van der Waals surface area contributed by atoms with Crippen LogP contribution in [0.4, 0.5) is 0 Å². The summed E-state index contributed by atoms with van der Waals surface area (Å²) in [5.41, 5.74) is 13.7. The smallest absolute Gasteiger partial charge is 0.0747 e. The SMILES string of the molecule is C=C1CCCC(c2cc(-c3nc4ccc(C(C)(C)C)cc4c4c3C3CC(C)CC5(C3)CC45)ccc2C)C1. The second kappa shape index (κ2) is 8.05. The van der Waals surface area contributed by atoms with Crippen molar-refractivity contribution >= 4 is 10.9 Å². The highest BCUT2D eigenvalue weighted by atomic mass is 14.7. The molecule has 37 heavy (non-hydrogen) atoms. The molecule has 1 nitrogen and oxygen atoms in total. The van der Waals surface area contributed by atoms with Gasteiger partial charge in [-0.1, -0.05) is 58.0 Å². The van der Waals surface area contributed by atoms with Gasteiger partial charge in [0.1, 0.15) is 0 Å². The second-order valence-electron chi connectivity index (χ2n) is 14.4. The molecule has 1 heteroatoms.